The van der Waals surface area contributed by atoms with Crippen molar-refractivity contribution >= 4 is 29.8 Å². The Morgan fingerprint density at radius 3 is 2.84 bits per heavy atom. The predicted octanol–water partition coefficient (Wildman–Crippen LogP) is 2.75. The van der Waals surface area contributed by atoms with E-state index in [-0.39, 0.29) is 6.03 Å². The SMILES string of the molecule is Cc1ccc(C=O)cc1N1Cc2cnc(NC3CC3)nc2N(C)C1=O. The van der Waals surface area contributed by atoms with Crippen LogP contribution in [0.1, 0.15) is 34.3 Å². The first-order valence-electron chi connectivity index (χ1n) is 8.30. The van der Waals surface area contributed by atoms with Crippen LogP contribution in [0.15, 0.2) is 24.4 Å². The van der Waals surface area contributed by atoms with Crippen LogP contribution in [-0.2, 0) is 6.54 Å². The Labute approximate surface area is 145 Å². The number of aromatic nitrogens is 2. The number of nitrogens with zero attached hydrogens (tertiary/aromatic N) is 4. The summed E-state index contributed by atoms with van der Waals surface area (Å²) in [7, 11) is 1.71. The van der Waals surface area contributed by atoms with Crippen LogP contribution in [-0.4, -0.2) is 35.4 Å². The van der Waals surface area contributed by atoms with Gasteiger partial charge in [0.1, 0.15) is 12.1 Å². The van der Waals surface area contributed by atoms with Gasteiger partial charge in [0.2, 0.25) is 5.95 Å². The number of carbonyl (C=O) groups excluding carboxylic acids is 2. The summed E-state index contributed by atoms with van der Waals surface area (Å²) in [6.45, 7) is 2.30. The van der Waals surface area contributed by atoms with E-state index in [9.17, 15) is 9.59 Å². The van der Waals surface area contributed by atoms with Gasteiger partial charge >= 0.3 is 6.03 Å². The monoisotopic (exact) mass is 337 g/mol. The van der Waals surface area contributed by atoms with E-state index in [2.05, 4.69) is 15.3 Å². The Morgan fingerprint density at radius 2 is 2.12 bits per heavy atom. The first-order valence-corrected chi connectivity index (χ1v) is 8.30. The fourth-order valence-corrected chi connectivity index (χ4v) is 2.97. The highest BCUT2D eigenvalue weighted by Crippen LogP contribution is 2.32. The Bertz CT molecular complexity index is 863. The first-order chi connectivity index (χ1) is 12.1. The normalized spacial score (nSPS) is 16.6. The van der Waals surface area contributed by atoms with Crippen molar-refractivity contribution in [3.8, 4) is 0 Å². The molecule has 1 fully saturated rings. The molecule has 4 rings (SSSR count). The number of aryl methyl sites for hydroxylation is 1. The minimum absolute atomic E-state index is 0.172. The minimum atomic E-state index is -0.172. The van der Waals surface area contributed by atoms with Gasteiger partial charge in [-0.15, -0.1) is 0 Å². The summed E-state index contributed by atoms with van der Waals surface area (Å²) in [5.41, 5.74) is 3.08. The van der Waals surface area contributed by atoms with Crippen molar-refractivity contribution in [2.45, 2.75) is 32.4 Å². The third kappa shape index (κ3) is 2.82. The Balaban J connectivity index is 1.69. The van der Waals surface area contributed by atoms with Crippen LogP contribution in [0.2, 0.25) is 0 Å². The maximum atomic E-state index is 12.9. The van der Waals surface area contributed by atoms with E-state index in [4.69, 9.17) is 0 Å². The average Bonchev–Trinajstić information content (AvgIpc) is 3.43. The van der Waals surface area contributed by atoms with E-state index >= 15 is 0 Å². The number of anilines is 3. The summed E-state index contributed by atoms with van der Waals surface area (Å²) in [6.07, 6.45) is 4.82. The quantitative estimate of drug-likeness (QED) is 0.868. The molecule has 1 aliphatic heterocycles. The molecule has 1 aromatic carbocycles. The number of carbonyl (C=O) groups is 2. The molecule has 0 atom stereocenters. The molecule has 2 aromatic rings. The number of hydrogen-bond donors (Lipinski definition) is 1. The van der Waals surface area contributed by atoms with Crippen LogP contribution < -0.4 is 15.1 Å². The van der Waals surface area contributed by atoms with Crippen LogP contribution in [0, 0.1) is 6.92 Å². The lowest BCUT2D eigenvalue weighted by atomic mass is 10.1. The van der Waals surface area contributed by atoms with Gasteiger partial charge in [0.15, 0.2) is 0 Å². The second-order valence-electron chi connectivity index (χ2n) is 6.55. The zero-order chi connectivity index (χ0) is 17.6. The summed E-state index contributed by atoms with van der Waals surface area (Å²) in [4.78, 5) is 36.0. The molecule has 1 aliphatic carbocycles. The number of rotatable bonds is 4. The maximum absolute atomic E-state index is 12.9. The van der Waals surface area contributed by atoms with Crippen LogP contribution in [0.5, 0.6) is 0 Å². The van der Waals surface area contributed by atoms with E-state index < -0.39 is 0 Å². The van der Waals surface area contributed by atoms with Gasteiger partial charge in [0, 0.05) is 36.1 Å². The number of nitrogens with one attached hydrogen (secondary N) is 1. The largest absolute Gasteiger partial charge is 0.351 e. The van der Waals surface area contributed by atoms with E-state index in [1.54, 1.807) is 30.3 Å². The molecule has 1 saturated carbocycles. The van der Waals surface area contributed by atoms with Crippen molar-refractivity contribution in [1.29, 1.82) is 0 Å². The van der Waals surface area contributed by atoms with Gasteiger partial charge in [-0.3, -0.25) is 14.6 Å². The Hall–Kier alpha value is -2.96. The summed E-state index contributed by atoms with van der Waals surface area (Å²) in [5.74, 6) is 1.19. The highest BCUT2D eigenvalue weighted by atomic mass is 16.2. The zero-order valence-corrected chi connectivity index (χ0v) is 14.2. The molecule has 2 amide bonds. The summed E-state index contributed by atoms with van der Waals surface area (Å²) < 4.78 is 0. The topological polar surface area (TPSA) is 78.4 Å². The van der Waals surface area contributed by atoms with Gasteiger partial charge in [0.25, 0.3) is 0 Å². The van der Waals surface area contributed by atoms with Crippen molar-refractivity contribution < 1.29 is 9.59 Å². The van der Waals surface area contributed by atoms with Gasteiger partial charge in [0.05, 0.1) is 6.54 Å². The average molecular weight is 337 g/mol. The van der Waals surface area contributed by atoms with Crippen molar-refractivity contribution in [2.24, 2.45) is 0 Å². The molecule has 0 saturated heterocycles. The second-order valence-corrected chi connectivity index (χ2v) is 6.55. The highest BCUT2D eigenvalue weighted by Gasteiger charge is 2.32. The lowest BCUT2D eigenvalue weighted by Gasteiger charge is -2.34. The highest BCUT2D eigenvalue weighted by molar-refractivity contribution is 6.05. The van der Waals surface area contributed by atoms with Gasteiger partial charge < -0.3 is 5.32 Å². The zero-order valence-electron chi connectivity index (χ0n) is 14.2. The van der Waals surface area contributed by atoms with Crippen LogP contribution in [0.4, 0.5) is 22.2 Å². The number of amides is 2. The van der Waals surface area contributed by atoms with E-state index in [1.165, 1.54) is 4.90 Å². The van der Waals surface area contributed by atoms with Crippen LogP contribution >= 0.6 is 0 Å². The summed E-state index contributed by atoms with van der Waals surface area (Å²) >= 11 is 0. The van der Waals surface area contributed by atoms with E-state index in [0.717, 1.165) is 35.9 Å². The molecule has 0 bridgehead atoms. The molecule has 7 heteroatoms. The number of hydrogen-bond acceptors (Lipinski definition) is 5. The molecular weight excluding hydrogens is 318 g/mol. The van der Waals surface area contributed by atoms with Crippen molar-refractivity contribution in [3.63, 3.8) is 0 Å². The molecular formula is C18H19N5O2. The maximum Gasteiger partial charge on any atom is 0.330 e. The molecule has 0 unspecified atom stereocenters. The molecule has 2 heterocycles. The fraction of sp³-hybridized carbons (Fsp3) is 0.333. The Morgan fingerprint density at radius 1 is 1.32 bits per heavy atom. The van der Waals surface area contributed by atoms with Crippen molar-refractivity contribution in [3.05, 3.63) is 41.1 Å². The van der Waals surface area contributed by atoms with Crippen LogP contribution in [0.25, 0.3) is 0 Å². The molecule has 0 spiro atoms. The van der Waals surface area contributed by atoms with E-state index in [0.29, 0.717) is 29.9 Å². The minimum Gasteiger partial charge on any atom is -0.351 e. The predicted molar refractivity (Wildman–Crippen MR) is 95.2 cm³/mol. The van der Waals surface area contributed by atoms with Gasteiger partial charge in [-0.05, 0) is 31.4 Å². The lowest BCUT2D eigenvalue weighted by Crippen LogP contribution is -2.46. The second kappa shape index (κ2) is 5.84. The molecule has 25 heavy (non-hydrogen) atoms. The van der Waals surface area contributed by atoms with Crippen molar-refractivity contribution in [2.75, 3.05) is 22.2 Å². The number of aldehydes is 1. The van der Waals surface area contributed by atoms with Gasteiger partial charge in [-0.2, -0.15) is 4.98 Å². The third-order valence-corrected chi connectivity index (χ3v) is 4.58. The molecule has 128 valence electrons. The third-order valence-electron chi connectivity index (χ3n) is 4.58. The Kier molecular flexibility index (Phi) is 3.63. The lowest BCUT2D eigenvalue weighted by molar-refractivity contribution is 0.112. The first kappa shape index (κ1) is 15.6. The molecule has 7 nitrogen and oxygen atoms in total. The van der Waals surface area contributed by atoms with Gasteiger partial charge in [-0.25, -0.2) is 9.78 Å². The molecule has 0 radical (unpaired) electrons. The number of fused-ring (bicyclic) bond motifs is 1. The smallest absolute Gasteiger partial charge is 0.330 e. The molecule has 1 N–H and O–H groups in total. The number of benzene rings is 1. The summed E-state index contributed by atoms with van der Waals surface area (Å²) in [5, 5.41) is 3.26. The van der Waals surface area contributed by atoms with Crippen molar-refractivity contribution in [1.82, 2.24) is 9.97 Å². The fourth-order valence-electron chi connectivity index (χ4n) is 2.97. The number of urea groups is 1. The molecule has 2 aliphatic rings. The standard InChI is InChI=1S/C18H19N5O2/c1-11-3-4-12(10-24)7-15(11)23-9-13-8-19-17(20-14-5-6-14)21-16(13)22(2)18(23)25/h3-4,7-8,10,14H,5-6,9H2,1-2H3,(H,19,20,21). The molecule has 1 aromatic heterocycles. The van der Waals surface area contributed by atoms with E-state index in [1.807, 2.05) is 13.0 Å². The summed E-state index contributed by atoms with van der Waals surface area (Å²) in [6, 6.07) is 5.61. The van der Waals surface area contributed by atoms with Crippen LogP contribution in [0.3, 0.4) is 0 Å². The van der Waals surface area contributed by atoms with Gasteiger partial charge in [-0.1, -0.05) is 12.1 Å².